The monoisotopic (exact) mass is 943 g/mol. The van der Waals surface area contributed by atoms with Gasteiger partial charge in [0.15, 0.2) is 0 Å². The van der Waals surface area contributed by atoms with Crippen molar-refractivity contribution in [2.75, 3.05) is 47.5 Å². The molecule has 0 radical (unpaired) electrons. The lowest BCUT2D eigenvalue weighted by molar-refractivity contribution is -0.132. The van der Waals surface area contributed by atoms with Crippen LogP contribution < -0.4 is 10.6 Å². The molecule has 2 saturated heterocycles. The SMILES string of the molecule is CCC.CCC.COC.COC(=O)NCC(=O)N1CCCC1c1nc2ccc(-c3ccc(-c4ccc(-c5cnc([C@@H]6CCCN6C(=O)CNC=O)[nH]5)c5c4CCC5)c4c3C3(CCCC3)CC4)cc2[nH]1. The number of methoxy groups -OCH3 is 2. The molecule has 3 fully saturated rings. The first-order valence-electron chi connectivity index (χ1n) is 25.4. The number of imidazole rings is 2. The molecule has 2 aromatic heterocycles. The predicted octanol–water partition coefficient (Wildman–Crippen LogP) is 10.1. The number of fused-ring (bicyclic) bond motifs is 4. The van der Waals surface area contributed by atoms with Crippen molar-refractivity contribution in [2.24, 2.45) is 0 Å². The minimum absolute atomic E-state index is 0.000809. The summed E-state index contributed by atoms with van der Waals surface area (Å²) in [4.78, 5) is 69.1. The Morgan fingerprint density at radius 3 is 1.97 bits per heavy atom. The number of hydrogen-bond donors (Lipinski definition) is 4. The summed E-state index contributed by atoms with van der Waals surface area (Å²) in [6.45, 7) is 9.67. The highest BCUT2D eigenvalue weighted by Crippen LogP contribution is 2.56. The van der Waals surface area contributed by atoms with Gasteiger partial charge in [-0.1, -0.05) is 83.7 Å². The second-order valence-corrected chi connectivity index (χ2v) is 19.2. The summed E-state index contributed by atoms with van der Waals surface area (Å²) in [5.74, 6) is 1.35. The van der Waals surface area contributed by atoms with Gasteiger partial charge in [-0.15, -0.1) is 0 Å². The zero-order chi connectivity index (χ0) is 49.1. The van der Waals surface area contributed by atoms with Gasteiger partial charge < -0.3 is 39.9 Å². The summed E-state index contributed by atoms with van der Waals surface area (Å²) in [6.07, 6.45) is 18.2. The van der Waals surface area contributed by atoms with Gasteiger partial charge in [0.05, 0.1) is 48.7 Å². The number of likely N-dealkylation sites (tertiary alicyclic amines) is 2. The molecule has 14 nitrogen and oxygen atoms in total. The zero-order valence-corrected chi connectivity index (χ0v) is 42.0. The second-order valence-electron chi connectivity index (χ2n) is 19.2. The molecule has 5 aliphatic rings. The van der Waals surface area contributed by atoms with E-state index in [0.29, 0.717) is 19.5 Å². The number of aromatic nitrogens is 4. The molecule has 3 aromatic carbocycles. The van der Waals surface area contributed by atoms with E-state index in [9.17, 15) is 19.2 Å². The van der Waals surface area contributed by atoms with Crippen LogP contribution in [0.25, 0.3) is 44.5 Å². The van der Waals surface area contributed by atoms with Gasteiger partial charge in [0, 0.05) is 32.9 Å². The van der Waals surface area contributed by atoms with Crippen LogP contribution in [0.4, 0.5) is 4.79 Å². The van der Waals surface area contributed by atoms with Gasteiger partial charge in [-0.2, -0.15) is 0 Å². The first-order valence-corrected chi connectivity index (χ1v) is 25.4. The molecule has 1 spiro atoms. The Morgan fingerprint density at radius 1 is 0.725 bits per heavy atom. The largest absolute Gasteiger partial charge is 0.453 e. The Labute approximate surface area is 408 Å². The predicted molar refractivity (Wildman–Crippen MR) is 272 cm³/mol. The van der Waals surface area contributed by atoms with Crippen molar-refractivity contribution in [3.05, 3.63) is 82.6 Å². The molecule has 14 heteroatoms. The molecule has 2 atom stereocenters. The molecule has 4 heterocycles. The van der Waals surface area contributed by atoms with Crippen LogP contribution in [0.3, 0.4) is 0 Å². The highest BCUT2D eigenvalue weighted by molar-refractivity contribution is 5.88. The zero-order valence-electron chi connectivity index (χ0n) is 42.0. The molecule has 10 rings (SSSR count). The van der Waals surface area contributed by atoms with Crippen LogP contribution in [0.1, 0.15) is 151 Å². The maximum atomic E-state index is 13.1. The van der Waals surface area contributed by atoms with E-state index in [1.807, 2.05) is 16.0 Å². The van der Waals surface area contributed by atoms with E-state index in [1.54, 1.807) is 14.2 Å². The van der Waals surface area contributed by atoms with Gasteiger partial charge in [-0.25, -0.2) is 14.8 Å². The van der Waals surface area contributed by atoms with Crippen molar-refractivity contribution in [1.29, 1.82) is 0 Å². The van der Waals surface area contributed by atoms with E-state index in [0.717, 1.165) is 79.7 Å². The fraction of sp³-hybridized carbons (Fsp3) is 0.527. The Bertz CT molecular complexity index is 2570. The van der Waals surface area contributed by atoms with Gasteiger partial charge in [0.1, 0.15) is 18.2 Å². The first-order chi connectivity index (χ1) is 33.6. The van der Waals surface area contributed by atoms with E-state index >= 15 is 0 Å². The number of ether oxygens (including phenoxy) is 2. The van der Waals surface area contributed by atoms with E-state index in [1.165, 1.54) is 102 Å². The standard InChI is InChI=1S/C47H52N8O5.2C3H8.C2H6O/c1-60-46(59)50-26-42(58)55-22-6-10-40(55)45-51-36-16-11-28(23-37(36)52-45)29-12-13-33(35-17-20-47(43(29)35)18-2-3-19-47)32-14-15-34(31-8-4-7-30(31)32)38-24-49-44(53-38)39-9-5-21-54(39)41(57)25-48-27-56;3*1-3-2/h11-16,23-24,27,39-40H,2-10,17-22,25-26H2,1H3,(H,48,56)(H,49,53)(H,50,59)(H,51,52);2*3H2,1-2H3;1-2H3/t39-,40?;;;/m0.../s1. The van der Waals surface area contributed by atoms with Crippen LogP contribution in [-0.2, 0) is 48.5 Å². The quantitative estimate of drug-likeness (QED) is 0.100. The van der Waals surface area contributed by atoms with Gasteiger partial charge in [0.25, 0.3) is 0 Å². The first kappa shape index (κ1) is 50.8. The normalized spacial score (nSPS) is 18.4. The summed E-state index contributed by atoms with van der Waals surface area (Å²) in [5, 5.41) is 5.04. The van der Waals surface area contributed by atoms with Gasteiger partial charge in [0.2, 0.25) is 18.2 Å². The third-order valence-corrected chi connectivity index (χ3v) is 14.2. The summed E-state index contributed by atoms with van der Waals surface area (Å²) >= 11 is 0. The molecule has 2 aliphatic heterocycles. The highest BCUT2D eigenvalue weighted by atomic mass is 16.5. The summed E-state index contributed by atoms with van der Waals surface area (Å²) in [7, 11) is 4.54. The topological polar surface area (TPSA) is 175 Å². The third-order valence-electron chi connectivity index (χ3n) is 14.2. The molecular formula is C55H74N8O6. The number of benzene rings is 3. The molecular weight excluding hydrogens is 869 g/mol. The fourth-order valence-electron chi connectivity index (χ4n) is 11.5. The number of amides is 4. The van der Waals surface area contributed by atoms with Crippen molar-refractivity contribution in [3.8, 4) is 33.5 Å². The number of nitrogens with zero attached hydrogens (tertiary/aromatic N) is 4. The molecule has 3 aliphatic carbocycles. The summed E-state index contributed by atoms with van der Waals surface area (Å²) in [6, 6.07) is 15.6. The number of hydrogen-bond acceptors (Lipinski definition) is 8. The maximum absolute atomic E-state index is 13.1. The summed E-state index contributed by atoms with van der Waals surface area (Å²) < 4.78 is 8.91. The Hall–Kier alpha value is -6.02. The Balaban J connectivity index is 0.000000727. The van der Waals surface area contributed by atoms with Gasteiger partial charge in [-0.3, -0.25) is 14.4 Å². The Kier molecular flexibility index (Phi) is 17.3. The number of carbonyl (C=O) groups is 4. The lowest BCUT2D eigenvalue weighted by atomic mass is 9.76. The second kappa shape index (κ2) is 23.5. The van der Waals surface area contributed by atoms with Crippen LogP contribution >= 0.6 is 0 Å². The maximum Gasteiger partial charge on any atom is 0.407 e. The minimum atomic E-state index is -0.619. The number of carbonyl (C=O) groups excluding carboxylic acids is 4. The summed E-state index contributed by atoms with van der Waals surface area (Å²) in [5.41, 5.74) is 15.3. The lowest BCUT2D eigenvalue weighted by Crippen LogP contribution is -2.40. The number of nitrogens with one attached hydrogen (secondary N) is 4. The van der Waals surface area contributed by atoms with Gasteiger partial charge in [-0.05, 0) is 133 Å². The van der Waals surface area contributed by atoms with E-state index in [2.05, 4.69) is 100 Å². The molecule has 1 unspecified atom stereocenters. The number of alkyl carbamates (subject to hydrolysis) is 1. The van der Waals surface area contributed by atoms with Crippen LogP contribution in [0.2, 0.25) is 0 Å². The molecule has 370 valence electrons. The smallest absolute Gasteiger partial charge is 0.407 e. The van der Waals surface area contributed by atoms with Crippen molar-refractivity contribution in [2.45, 2.75) is 142 Å². The number of H-pyrrole nitrogens is 2. The Morgan fingerprint density at radius 2 is 1.32 bits per heavy atom. The minimum Gasteiger partial charge on any atom is -0.453 e. The number of aromatic amines is 2. The number of rotatable bonds is 10. The molecule has 0 bridgehead atoms. The van der Waals surface area contributed by atoms with E-state index < -0.39 is 6.09 Å². The molecule has 69 heavy (non-hydrogen) atoms. The highest BCUT2D eigenvalue weighted by Gasteiger charge is 2.44. The molecule has 1 saturated carbocycles. The fourth-order valence-corrected chi connectivity index (χ4v) is 11.5. The average Bonchev–Trinajstić information content (AvgIpc) is 4.22. The molecule has 5 aromatic rings. The third kappa shape index (κ3) is 10.8. The van der Waals surface area contributed by atoms with Crippen LogP contribution in [0, 0.1) is 0 Å². The molecule has 4 amide bonds. The lowest BCUT2D eigenvalue weighted by Gasteiger charge is -2.28. The van der Waals surface area contributed by atoms with Crippen LogP contribution in [0.15, 0.2) is 48.7 Å². The van der Waals surface area contributed by atoms with Crippen molar-refractivity contribution in [3.63, 3.8) is 0 Å². The van der Waals surface area contributed by atoms with Crippen molar-refractivity contribution >= 4 is 35.4 Å². The van der Waals surface area contributed by atoms with E-state index in [-0.39, 0.29) is 42.4 Å². The van der Waals surface area contributed by atoms with Crippen molar-refractivity contribution in [1.82, 2.24) is 40.4 Å². The van der Waals surface area contributed by atoms with E-state index in [4.69, 9.17) is 9.97 Å². The average molecular weight is 943 g/mol. The van der Waals surface area contributed by atoms with Crippen molar-refractivity contribution < 1.29 is 28.7 Å². The van der Waals surface area contributed by atoms with Gasteiger partial charge >= 0.3 is 6.09 Å². The van der Waals surface area contributed by atoms with Crippen LogP contribution in [0.5, 0.6) is 0 Å². The van der Waals surface area contributed by atoms with Crippen LogP contribution in [-0.4, -0.2) is 102 Å². The molecule has 4 N–H and O–H groups in total.